The molecule has 2 atom stereocenters. The fourth-order valence-corrected chi connectivity index (χ4v) is 5.77. The average Bonchev–Trinajstić information content (AvgIpc) is 2.96. The van der Waals surface area contributed by atoms with Crippen molar-refractivity contribution in [3.05, 3.63) is 0 Å². The summed E-state index contributed by atoms with van der Waals surface area (Å²) in [6.07, 6.45) is 37.4. The third-order valence-corrected chi connectivity index (χ3v) is 8.62. The van der Waals surface area contributed by atoms with Crippen LogP contribution in [0.1, 0.15) is 206 Å². The van der Waals surface area contributed by atoms with E-state index in [0.717, 1.165) is 25.7 Å². The summed E-state index contributed by atoms with van der Waals surface area (Å²) in [4.78, 5) is 12.2. The van der Waals surface area contributed by atoms with Crippen molar-refractivity contribution in [1.29, 1.82) is 0 Å². The van der Waals surface area contributed by atoms with E-state index in [-0.39, 0.29) is 12.5 Å². The maximum atomic E-state index is 12.2. The molecule has 240 valence electrons. The van der Waals surface area contributed by atoms with E-state index in [1.165, 1.54) is 154 Å². The summed E-state index contributed by atoms with van der Waals surface area (Å²) in [5.74, 6) is -0.0346. The zero-order valence-electron chi connectivity index (χ0n) is 27.4. The van der Waals surface area contributed by atoms with Crippen molar-refractivity contribution >= 4 is 5.91 Å². The summed E-state index contributed by atoms with van der Waals surface area (Å²) in [7, 11) is 0. The van der Waals surface area contributed by atoms with Gasteiger partial charge in [0.2, 0.25) is 5.91 Å². The highest BCUT2D eigenvalue weighted by Crippen LogP contribution is 2.16. The van der Waals surface area contributed by atoms with E-state index in [9.17, 15) is 15.0 Å². The number of nitrogens with one attached hydrogen (secondary N) is 1. The van der Waals surface area contributed by atoms with Crippen molar-refractivity contribution in [1.82, 2.24) is 5.32 Å². The number of hydrogen-bond donors (Lipinski definition) is 3. The van der Waals surface area contributed by atoms with E-state index >= 15 is 0 Å². The van der Waals surface area contributed by atoms with Gasteiger partial charge in [0.05, 0.1) is 18.8 Å². The van der Waals surface area contributed by atoms with Crippen LogP contribution in [0.5, 0.6) is 0 Å². The third kappa shape index (κ3) is 28.9. The number of carbonyl (C=O) groups is 1. The summed E-state index contributed by atoms with van der Waals surface area (Å²) >= 11 is 0. The number of unbranched alkanes of at least 4 members (excludes halogenated alkanes) is 26. The molecule has 0 aliphatic carbocycles. The second-order valence-electron chi connectivity index (χ2n) is 12.7. The van der Waals surface area contributed by atoms with E-state index < -0.39 is 12.1 Å². The molecule has 3 N–H and O–H groups in total. The first kappa shape index (κ1) is 39.4. The van der Waals surface area contributed by atoms with Crippen LogP contribution in [-0.2, 0) is 4.79 Å². The largest absolute Gasteiger partial charge is 0.394 e. The lowest BCUT2D eigenvalue weighted by atomic mass is 10.0. The Bertz CT molecular complexity index is 498. The molecule has 0 spiro atoms. The van der Waals surface area contributed by atoms with Gasteiger partial charge in [-0.15, -0.1) is 0 Å². The van der Waals surface area contributed by atoms with Crippen molar-refractivity contribution in [3.63, 3.8) is 0 Å². The van der Waals surface area contributed by atoms with Crippen LogP contribution in [0, 0.1) is 0 Å². The Morgan fingerprint density at radius 2 is 0.800 bits per heavy atom. The molecule has 0 aliphatic heterocycles. The highest BCUT2D eigenvalue weighted by Gasteiger charge is 2.19. The first-order valence-electron chi connectivity index (χ1n) is 18.2. The van der Waals surface area contributed by atoms with E-state index in [2.05, 4.69) is 19.2 Å². The van der Waals surface area contributed by atoms with Crippen LogP contribution < -0.4 is 5.32 Å². The summed E-state index contributed by atoms with van der Waals surface area (Å²) < 4.78 is 0. The summed E-state index contributed by atoms with van der Waals surface area (Å²) in [5, 5.41) is 23.0. The van der Waals surface area contributed by atoms with Crippen LogP contribution in [0.3, 0.4) is 0 Å². The lowest BCUT2D eigenvalue weighted by Crippen LogP contribution is -2.45. The van der Waals surface area contributed by atoms with Crippen molar-refractivity contribution in [2.75, 3.05) is 6.61 Å². The first-order chi connectivity index (χ1) is 19.7. The standard InChI is InChI=1S/C36H73NO3/c1-3-5-7-9-11-13-14-15-16-17-18-19-20-21-22-23-24-25-27-29-31-35(39)34(33-38)37-36(40)32-30-28-26-12-10-8-6-4-2/h34-35,38-39H,3-33H2,1-2H3,(H,37,40). The van der Waals surface area contributed by atoms with Crippen LogP contribution in [0.15, 0.2) is 0 Å². The number of aliphatic hydroxyl groups is 2. The summed E-state index contributed by atoms with van der Waals surface area (Å²) in [5.41, 5.74) is 0. The molecule has 2 unspecified atom stereocenters. The van der Waals surface area contributed by atoms with E-state index in [1.807, 2.05) is 0 Å². The Morgan fingerprint density at radius 1 is 0.500 bits per heavy atom. The molecular formula is C36H73NO3. The van der Waals surface area contributed by atoms with Gasteiger partial charge in [0, 0.05) is 6.42 Å². The van der Waals surface area contributed by atoms with E-state index in [0.29, 0.717) is 12.8 Å². The van der Waals surface area contributed by atoms with Gasteiger partial charge in [0.25, 0.3) is 0 Å². The average molecular weight is 568 g/mol. The molecule has 0 heterocycles. The fourth-order valence-electron chi connectivity index (χ4n) is 5.77. The first-order valence-corrected chi connectivity index (χ1v) is 18.2. The van der Waals surface area contributed by atoms with Crippen LogP contribution in [0.2, 0.25) is 0 Å². The van der Waals surface area contributed by atoms with Crippen molar-refractivity contribution in [2.45, 2.75) is 219 Å². The number of amides is 1. The van der Waals surface area contributed by atoms with Crippen molar-refractivity contribution in [2.24, 2.45) is 0 Å². The molecule has 1 amide bonds. The van der Waals surface area contributed by atoms with Gasteiger partial charge in [-0.05, 0) is 12.8 Å². The Labute approximate surface area is 251 Å². The molecule has 0 aromatic carbocycles. The van der Waals surface area contributed by atoms with E-state index in [1.54, 1.807) is 0 Å². The molecule has 0 rings (SSSR count). The molecule has 0 saturated heterocycles. The topological polar surface area (TPSA) is 69.6 Å². The monoisotopic (exact) mass is 568 g/mol. The molecule has 4 nitrogen and oxygen atoms in total. The molecule has 0 saturated carbocycles. The van der Waals surface area contributed by atoms with Crippen LogP contribution >= 0.6 is 0 Å². The molecule has 0 aromatic rings. The van der Waals surface area contributed by atoms with Gasteiger partial charge >= 0.3 is 0 Å². The highest BCUT2D eigenvalue weighted by molar-refractivity contribution is 5.76. The predicted molar refractivity (Wildman–Crippen MR) is 175 cm³/mol. The lowest BCUT2D eigenvalue weighted by Gasteiger charge is -2.22. The Hall–Kier alpha value is -0.610. The molecule has 0 bridgehead atoms. The summed E-state index contributed by atoms with van der Waals surface area (Å²) in [6.45, 7) is 4.33. The van der Waals surface area contributed by atoms with Gasteiger partial charge in [-0.2, -0.15) is 0 Å². The molecule has 0 aliphatic rings. The second kappa shape index (κ2) is 32.9. The van der Waals surface area contributed by atoms with Gasteiger partial charge in [-0.1, -0.05) is 187 Å². The predicted octanol–water partition coefficient (Wildman–Crippen LogP) is 10.6. The molecule has 0 radical (unpaired) electrons. The van der Waals surface area contributed by atoms with Gasteiger partial charge < -0.3 is 15.5 Å². The zero-order valence-corrected chi connectivity index (χ0v) is 27.4. The quantitative estimate of drug-likeness (QED) is 0.0691. The van der Waals surface area contributed by atoms with Gasteiger partial charge in [-0.25, -0.2) is 0 Å². The smallest absolute Gasteiger partial charge is 0.220 e. The molecular weight excluding hydrogens is 494 g/mol. The Kier molecular flexibility index (Phi) is 32.4. The van der Waals surface area contributed by atoms with Crippen molar-refractivity contribution in [3.8, 4) is 0 Å². The van der Waals surface area contributed by atoms with E-state index in [4.69, 9.17) is 0 Å². The third-order valence-electron chi connectivity index (χ3n) is 8.62. The summed E-state index contributed by atoms with van der Waals surface area (Å²) in [6, 6.07) is -0.526. The Morgan fingerprint density at radius 3 is 1.12 bits per heavy atom. The number of aliphatic hydroxyl groups excluding tert-OH is 2. The molecule has 40 heavy (non-hydrogen) atoms. The number of carbonyl (C=O) groups excluding carboxylic acids is 1. The number of rotatable bonds is 33. The molecule has 4 heteroatoms. The SMILES string of the molecule is CCCCCCCCCCCCCCCCCCCCCCC(O)C(CO)NC(=O)CCCCCCCCCC. The van der Waals surface area contributed by atoms with Crippen LogP contribution in [-0.4, -0.2) is 34.9 Å². The maximum Gasteiger partial charge on any atom is 0.220 e. The zero-order chi connectivity index (χ0) is 29.4. The Balaban J connectivity index is 3.45. The minimum Gasteiger partial charge on any atom is -0.394 e. The number of hydrogen-bond acceptors (Lipinski definition) is 3. The molecule has 0 aromatic heterocycles. The maximum absolute atomic E-state index is 12.2. The van der Waals surface area contributed by atoms with Gasteiger partial charge in [-0.3, -0.25) is 4.79 Å². The second-order valence-corrected chi connectivity index (χ2v) is 12.7. The fraction of sp³-hybridized carbons (Fsp3) is 0.972. The van der Waals surface area contributed by atoms with Gasteiger partial charge in [0.1, 0.15) is 0 Å². The molecule has 0 fully saturated rings. The minimum atomic E-state index is -0.650. The van der Waals surface area contributed by atoms with Crippen molar-refractivity contribution < 1.29 is 15.0 Å². The highest BCUT2D eigenvalue weighted by atomic mass is 16.3. The minimum absolute atomic E-state index is 0.0346. The normalized spacial score (nSPS) is 13.0. The lowest BCUT2D eigenvalue weighted by molar-refractivity contribution is -0.123. The van der Waals surface area contributed by atoms with Crippen LogP contribution in [0.25, 0.3) is 0 Å². The van der Waals surface area contributed by atoms with Gasteiger partial charge in [0.15, 0.2) is 0 Å². The van der Waals surface area contributed by atoms with Crippen LogP contribution in [0.4, 0.5) is 0 Å².